The number of rotatable bonds is 4. The van der Waals surface area contributed by atoms with E-state index in [0.29, 0.717) is 10.8 Å². The number of likely N-dealkylation sites (tertiary alicyclic amines) is 1. The van der Waals surface area contributed by atoms with Crippen molar-refractivity contribution in [3.05, 3.63) is 59.9 Å². The normalized spacial score (nSPS) is 17.3. The van der Waals surface area contributed by atoms with Crippen molar-refractivity contribution < 1.29 is 8.42 Å². The van der Waals surface area contributed by atoms with Gasteiger partial charge in [-0.2, -0.15) is 0 Å². The highest BCUT2D eigenvalue weighted by Crippen LogP contribution is 2.28. The van der Waals surface area contributed by atoms with Crippen molar-refractivity contribution in [2.75, 3.05) is 19.3 Å². The first-order valence-electron chi connectivity index (χ1n) is 7.93. The average Bonchev–Trinajstić information content (AvgIpc) is 2.56. The SMILES string of the molecule is CS(=O)(=O)c1ccc(CN2CCC(c3ccncc3)CC2)cc1. The number of hydrogen-bond acceptors (Lipinski definition) is 4. The van der Waals surface area contributed by atoms with Crippen molar-refractivity contribution >= 4 is 9.84 Å². The van der Waals surface area contributed by atoms with Crippen LogP contribution in [0.5, 0.6) is 0 Å². The molecule has 5 heteroatoms. The molecule has 0 aliphatic carbocycles. The Balaban J connectivity index is 1.57. The molecular formula is C18H22N2O2S. The van der Waals surface area contributed by atoms with Gasteiger partial charge in [0.25, 0.3) is 0 Å². The number of aromatic nitrogens is 1. The number of hydrogen-bond donors (Lipinski definition) is 0. The number of sulfone groups is 1. The Labute approximate surface area is 138 Å². The minimum Gasteiger partial charge on any atom is -0.299 e. The third-order valence-electron chi connectivity index (χ3n) is 4.52. The minimum absolute atomic E-state index is 0.387. The van der Waals surface area contributed by atoms with Gasteiger partial charge in [-0.05, 0) is 67.2 Å². The Morgan fingerprint density at radius 1 is 1.04 bits per heavy atom. The molecule has 0 bridgehead atoms. The first-order valence-corrected chi connectivity index (χ1v) is 9.83. The largest absolute Gasteiger partial charge is 0.299 e. The van der Waals surface area contributed by atoms with E-state index in [1.54, 1.807) is 12.1 Å². The van der Waals surface area contributed by atoms with Gasteiger partial charge in [0, 0.05) is 25.2 Å². The number of piperidine rings is 1. The Bertz CT molecular complexity index is 734. The summed E-state index contributed by atoms with van der Waals surface area (Å²) in [5.41, 5.74) is 2.55. The molecule has 1 aliphatic heterocycles. The van der Waals surface area contributed by atoms with Crippen LogP contribution in [-0.2, 0) is 16.4 Å². The molecule has 0 unspecified atom stereocenters. The lowest BCUT2D eigenvalue weighted by Crippen LogP contribution is -2.32. The molecule has 4 nitrogen and oxygen atoms in total. The lowest BCUT2D eigenvalue weighted by Gasteiger charge is -2.32. The van der Waals surface area contributed by atoms with Crippen molar-refractivity contribution in [3.8, 4) is 0 Å². The maximum absolute atomic E-state index is 11.5. The van der Waals surface area contributed by atoms with Crippen LogP contribution >= 0.6 is 0 Å². The molecule has 0 amide bonds. The molecule has 0 atom stereocenters. The van der Waals surface area contributed by atoms with E-state index in [1.165, 1.54) is 17.4 Å². The fourth-order valence-corrected chi connectivity index (χ4v) is 3.79. The van der Waals surface area contributed by atoms with Gasteiger partial charge in [0.2, 0.25) is 0 Å². The van der Waals surface area contributed by atoms with E-state index < -0.39 is 9.84 Å². The summed E-state index contributed by atoms with van der Waals surface area (Å²) in [6.45, 7) is 3.02. The Morgan fingerprint density at radius 2 is 1.65 bits per heavy atom. The van der Waals surface area contributed by atoms with Crippen molar-refractivity contribution in [1.29, 1.82) is 0 Å². The fraction of sp³-hybridized carbons (Fsp3) is 0.389. The summed E-state index contributed by atoms with van der Waals surface area (Å²) in [5.74, 6) is 0.627. The van der Waals surface area contributed by atoms with E-state index in [-0.39, 0.29) is 0 Å². The van der Waals surface area contributed by atoms with E-state index >= 15 is 0 Å². The molecule has 1 aliphatic rings. The molecule has 1 aromatic heterocycles. The first-order chi connectivity index (χ1) is 11.0. The van der Waals surface area contributed by atoms with Gasteiger partial charge in [-0.3, -0.25) is 9.88 Å². The van der Waals surface area contributed by atoms with E-state index in [9.17, 15) is 8.42 Å². The molecule has 0 radical (unpaired) electrons. The molecule has 1 saturated heterocycles. The summed E-state index contributed by atoms with van der Waals surface area (Å²) in [4.78, 5) is 6.91. The zero-order valence-electron chi connectivity index (χ0n) is 13.4. The zero-order valence-corrected chi connectivity index (χ0v) is 14.2. The van der Waals surface area contributed by atoms with Crippen molar-refractivity contribution in [3.63, 3.8) is 0 Å². The summed E-state index contributed by atoms with van der Waals surface area (Å²) >= 11 is 0. The number of nitrogens with zero attached hydrogens (tertiary/aromatic N) is 2. The predicted molar refractivity (Wildman–Crippen MR) is 91.0 cm³/mol. The topological polar surface area (TPSA) is 50.3 Å². The fourth-order valence-electron chi connectivity index (χ4n) is 3.16. The molecule has 0 spiro atoms. The smallest absolute Gasteiger partial charge is 0.175 e. The van der Waals surface area contributed by atoms with Crippen LogP contribution in [0, 0.1) is 0 Å². The summed E-state index contributed by atoms with van der Waals surface area (Å²) < 4.78 is 23.0. The molecule has 23 heavy (non-hydrogen) atoms. The minimum atomic E-state index is -3.11. The molecule has 2 heterocycles. The van der Waals surface area contributed by atoms with Crippen LogP contribution in [0.1, 0.15) is 29.9 Å². The van der Waals surface area contributed by atoms with Gasteiger partial charge in [0.15, 0.2) is 9.84 Å². The van der Waals surface area contributed by atoms with Crippen LogP contribution in [0.25, 0.3) is 0 Å². The van der Waals surface area contributed by atoms with Crippen LogP contribution in [0.2, 0.25) is 0 Å². The Hall–Kier alpha value is -1.72. The van der Waals surface area contributed by atoms with Gasteiger partial charge in [0.05, 0.1) is 4.90 Å². The molecule has 0 saturated carbocycles. The number of pyridine rings is 1. The second-order valence-electron chi connectivity index (χ2n) is 6.25. The summed E-state index contributed by atoms with van der Waals surface area (Å²) in [6, 6.07) is 11.5. The molecule has 122 valence electrons. The monoisotopic (exact) mass is 330 g/mol. The lowest BCUT2D eigenvalue weighted by molar-refractivity contribution is 0.204. The summed E-state index contributed by atoms with van der Waals surface area (Å²) in [6.07, 6.45) is 7.29. The second-order valence-corrected chi connectivity index (χ2v) is 8.26. The molecular weight excluding hydrogens is 308 g/mol. The molecule has 2 aromatic rings. The molecule has 3 rings (SSSR count). The van der Waals surface area contributed by atoms with Gasteiger partial charge in [-0.1, -0.05) is 12.1 Å². The third-order valence-corrected chi connectivity index (χ3v) is 5.65. The standard InChI is InChI=1S/C18H22N2O2S/c1-23(21,22)18-4-2-15(3-5-18)14-20-12-8-17(9-13-20)16-6-10-19-11-7-16/h2-7,10-11,17H,8-9,12-14H2,1H3. The maximum atomic E-state index is 11.5. The van der Waals surface area contributed by atoms with Crippen molar-refractivity contribution in [2.45, 2.75) is 30.2 Å². The van der Waals surface area contributed by atoms with Gasteiger partial charge >= 0.3 is 0 Å². The van der Waals surface area contributed by atoms with E-state index in [2.05, 4.69) is 22.0 Å². The van der Waals surface area contributed by atoms with Crippen LogP contribution < -0.4 is 0 Å². The number of benzene rings is 1. The van der Waals surface area contributed by atoms with E-state index in [1.807, 2.05) is 24.5 Å². The first kappa shape index (κ1) is 16.1. The van der Waals surface area contributed by atoms with Crippen LogP contribution in [0.15, 0.2) is 53.7 Å². The third kappa shape index (κ3) is 4.18. The predicted octanol–water partition coefficient (Wildman–Crippen LogP) is 2.86. The highest BCUT2D eigenvalue weighted by Gasteiger charge is 2.20. The van der Waals surface area contributed by atoms with Gasteiger partial charge in [-0.15, -0.1) is 0 Å². The Morgan fingerprint density at radius 3 is 2.22 bits per heavy atom. The maximum Gasteiger partial charge on any atom is 0.175 e. The van der Waals surface area contributed by atoms with Gasteiger partial charge in [-0.25, -0.2) is 8.42 Å². The van der Waals surface area contributed by atoms with Gasteiger partial charge < -0.3 is 0 Å². The summed E-state index contributed by atoms with van der Waals surface area (Å²) in [7, 11) is -3.11. The van der Waals surface area contributed by atoms with Crippen molar-refractivity contribution in [1.82, 2.24) is 9.88 Å². The quantitative estimate of drug-likeness (QED) is 0.865. The van der Waals surface area contributed by atoms with E-state index in [0.717, 1.165) is 32.5 Å². The Kier molecular flexibility index (Phi) is 4.78. The average molecular weight is 330 g/mol. The van der Waals surface area contributed by atoms with Gasteiger partial charge in [0.1, 0.15) is 0 Å². The van der Waals surface area contributed by atoms with Crippen LogP contribution in [-0.4, -0.2) is 37.6 Å². The van der Waals surface area contributed by atoms with E-state index in [4.69, 9.17) is 0 Å². The molecule has 1 fully saturated rings. The van der Waals surface area contributed by atoms with Crippen molar-refractivity contribution in [2.24, 2.45) is 0 Å². The zero-order chi connectivity index (χ0) is 16.3. The van der Waals surface area contributed by atoms with Crippen LogP contribution in [0.4, 0.5) is 0 Å². The lowest BCUT2D eigenvalue weighted by atomic mass is 9.90. The summed E-state index contributed by atoms with van der Waals surface area (Å²) in [5, 5.41) is 0. The molecule has 0 N–H and O–H groups in total. The second kappa shape index (κ2) is 6.81. The highest BCUT2D eigenvalue weighted by atomic mass is 32.2. The molecule has 1 aromatic carbocycles. The van der Waals surface area contributed by atoms with Crippen LogP contribution in [0.3, 0.4) is 0 Å². The highest BCUT2D eigenvalue weighted by molar-refractivity contribution is 7.90.